The number of hydrogen-bond donors (Lipinski definition) is 1. The van der Waals surface area contributed by atoms with E-state index in [0.29, 0.717) is 5.69 Å². The summed E-state index contributed by atoms with van der Waals surface area (Å²) in [6.45, 7) is 1.65. The number of halogens is 3. The van der Waals surface area contributed by atoms with Crippen LogP contribution in [0, 0.1) is 5.92 Å². The maximum Gasteiger partial charge on any atom is 0.433 e. The van der Waals surface area contributed by atoms with Crippen LogP contribution in [0.15, 0.2) is 36.5 Å². The summed E-state index contributed by atoms with van der Waals surface area (Å²) in [6.07, 6.45) is 3.82. The van der Waals surface area contributed by atoms with Crippen LogP contribution in [-0.2, 0) is 11.0 Å². The molecule has 2 aromatic heterocycles. The third-order valence-electron chi connectivity index (χ3n) is 6.91. The number of aldehydes is 1. The largest absolute Gasteiger partial charge is 0.433 e. The van der Waals surface area contributed by atoms with Gasteiger partial charge in [-0.05, 0) is 62.8 Å². The minimum atomic E-state index is -4.63. The molecule has 1 saturated heterocycles. The van der Waals surface area contributed by atoms with E-state index in [0.717, 1.165) is 80.6 Å². The molecule has 35 heavy (non-hydrogen) atoms. The van der Waals surface area contributed by atoms with Gasteiger partial charge in [0.25, 0.3) is 5.91 Å². The fourth-order valence-corrected chi connectivity index (χ4v) is 4.99. The molecule has 5 rings (SSSR count). The molecule has 0 radical (unpaired) electrons. The van der Waals surface area contributed by atoms with Crippen molar-refractivity contribution in [2.75, 3.05) is 23.3 Å². The van der Waals surface area contributed by atoms with E-state index in [9.17, 15) is 22.8 Å². The van der Waals surface area contributed by atoms with E-state index in [4.69, 9.17) is 5.10 Å². The van der Waals surface area contributed by atoms with Crippen molar-refractivity contribution in [2.45, 2.75) is 50.7 Å². The van der Waals surface area contributed by atoms with Crippen LogP contribution in [0.5, 0.6) is 0 Å². The fraction of sp³-hybridized carbons (Fsp3) is 0.440. The monoisotopic (exact) mass is 485 g/mol. The van der Waals surface area contributed by atoms with Crippen LogP contribution < -0.4 is 10.2 Å². The SMILES string of the molecule is O=CC1CCC(n2cc3cc(NC(=O)c4cccc(C(F)(F)F)n4)c(N4CCCC4)cc3n2)CC1. The van der Waals surface area contributed by atoms with Crippen LogP contribution >= 0.6 is 0 Å². The molecule has 1 aromatic carbocycles. The molecule has 7 nitrogen and oxygen atoms in total. The predicted molar refractivity (Wildman–Crippen MR) is 125 cm³/mol. The smallest absolute Gasteiger partial charge is 0.370 e. The number of benzene rings is 1. The summed E-state index contributed by atoms with van der Waals surface area (Å²) in [5, 5.41) is 8.41. The summed E-state index contributed by atoms with van der Waals surface area (Å²) in [5.41, 5.74) is 0.707. The number of fused-ring (bicyclic) bond motifs is 1. The molecule has 3 heterocycles. The second-order valence-electron chi connectivity index (χ2n) is 9.30. The molecule has 0 bridgehead atoms. The number of nitrogens with one attached hydrogen (secondary N) is 1. The van der Waals surface area contributed by atoms with Crippen LogP contribution in [0.2, 0.25) is 0 Å². The Balaban J connectivity index is 1.46. The Labute approximate surface area is 200 Å². The zero-order valence-electron chi connectivity index (χ0n) is 19.1. The third kappa shape index (κ3) is 4.87. The van der Waals surface area contributed by atoms with Gasteiger partial charge in [-0.1, -0.05) is 6.07 Å². The van der Waals surface area contributed by atoms with Crippen molar-refractivity contribution >= 4 is 34.5 Å². The Kier molecular flexibility index (Phi) is 6.21. The molecule has 2 fully saturated rings. The highest BCUT2D eigenvalue weighted by Crippen LogP contribution is 2.36. The lowest BCUT2D eigenvalue weighted by Gasteiger charge is -2.25. The molecule has 2 aliphatic rings. The molecule has 1 amide bonds. The molecule has 3 aromatic rings. The van der Waals surface area contributed by atoms with E-state index in [1.54, 1.807) is 0 Å². The van der Waals surface area contributed by atoms with Gasteiger partial charge in [-0.15, -0.1) is 0 Å². The van der Waals surface area contributed by atoms with Gasteiger partial charge < -0.3 is 15.0 Å². The lowest BCUT2D eigenvalue weighted by atomic mass is 9.87. The first-order chi connectivity index (χ1) is 16.8. The van der Waals surface area contributed by atoms with Gasteiger partial charge in [0.2, 0.25) is 0 Å². The Hall–Kier alpha value is -3.43. The Morgan fingerprint density at radius 1 is 1.09 bits per heavy atom. The van der Waals surface area contributed by atoms with Crippen LogP contribution in [0.3, 0.4) is 0 Å². The van der Waals surface area contributed by atoms with Gasteiger partial charge in [0.15, 0.2) is 0 Å². The molecule has 0 unspecified atom stereocenters. The van der Waals surface area contributed by atoms with Gasteiger partial charge in [-0.3, -0.25) is 9.48 Å². The van der Waals surface area contributed by atoms with E-state index >= 15 is 0 Å². The second kappa shape index (κ2) is 9.31. The molecule has 0 atom stereocenters. The van der Waals surface area contributed by atoms with E-state index in [2.05, 4.69) is 15.2 Å². The van der Waals surface area contributed by atoms with Gasteiger partial charge in [0, 0.05) is 30.6 Å². The highest BCUT2D eigenvalue weighted by molar-refractivity contribution is 6.06. The van der Waals surface area contributed by atoms with Crippen molar-refractivity contribution in [3.05, 3.63) is 47.9 Å². The number of anilines is 2. The summed E-state index contributed by atoms with van der Waals surface area (Å²) >= 11 is 0. The van der Waals surface area contributed by atoms with E-state index in [1.807, 2.05) is 23.0 Å². The molecule has 184 valence electrons. The molecular weight excluding hydrogens is 459 g/mol. The minimum absolute atomic E-state index is 0.115. The zero-order chi connectivity index (χ0) is 24.6. The number of rotatable bonds is 5. The molecule has 1 N–H and O–H groups in total. The normalized spacial score (nSPS) is 20.8. The van der Waals surface area contributed by atoms with Crippen molar-refractivity contribution in [1.29, 1.82) is 0 Å². The number of alkyl halides is 3. The van der Waals surface area contributed by atoms with Crippen molar-refractivity contribution < 1.29 is 22.8 Å². The van der Waals surface area contributed by atoms with Gasteiger partial charge >= 0.3 is 6.18 Å². The van der Waals surface area contributed by atoms with Crippen molar-refractivity contribution in [2.24, 2.45) is 5.92 Å². The van der Waals surface area contributed by atoms with Crippen LogP contribution in [0.1, 0.15) is 60.7 Å². The Morgan fingerprint density at radius 2 is 1.83 bits per heavy atom. The average Bonchev–Trinajstić information content (AvgIpc) is 3.53. The average molecular weight is 486 g/mol. The van der Waals surface area contributed by atoms with Crippen LogP contribution in [0.25, 0.3) is 10.9 Å². The topological polar surface area (TPSA) is 80.1 Å². The standard InChI is InChI=1S/C25H26F3N5O2/c26-25(27,28)23-5-3-4-19(29-23)24(35)30-21-12-17-14-33(18-8-6-16(15-34)7-9-18)31-20(17)13-22(21)32-10-1-2-11-32/h3-5,12-16,18H,1-2,6-11H2,(H,30,35). The van der Waals surface area contributed by atoms with E-state index < -0.39 is 17.8 Å². The highest BCUT2D eigenvalue weighted by atomic mass is 19.4. The summed E-state index contributed by atoms with van der Waals surface area (Å²) in [5.74, 6) is -0.584. The predicted octanol–water partition coefficient (Wildman–Crippen LogP) is 5.23. The van der Waals surface area contributed by atoms with Gasteiger partial charge in [-0.2, -0.15) is 18.3 Å². The molecule has 1 aliphatic heterocycles. The third-order valence-corrected chi connectivity index (χ3v) is 6.91. The maximum atomic E-state index is 13.1. The summed E-state index contributed by atoms with van der Waals surface area (Å²) < 4.78 is 41.2. The van der Waals surface area contributed by atoms with Crippen LogP contribution in [0.4, 0.5) is 24.5 Å². The number of nitrogens with zero attached hydrogens (tertiary/aromatic N) is 4. The van der Waals surface area contributed by atoms with Crippen molar-refractivity contribution in [3.63, 3.8) is 0 Å². The summed E-state index contributed by atoms with van der Waals surface area (Å²) in [6, 6.07) is 7.26. The van der Waals surface area contributed by atoms with Gasteiger partial charge in [0.05, 0.1) is 22.9 Å². The second-order valence-corrected chi connectivity index (χ2v) is 9.30. The lowest BCUT2D eigenvalue weighted by molar-refractivity contribution is -0.141. The Morgan fingerprint density at radius 3 is 2.51 bits per heavy atom. The number of carbonyl (C=O) groups is 2. The van der Waals surface area contributed by atoms with Crippen LogP contribution in [-0.4, -0.2) is 40.0 Å². The highest BCUT2D eigenvalue weighted by Gasteiger charge is 2.33. The number of aromatic nitrogens is 3. The number of hydrogen-bond acceptors (Lipinski definition) is 5. The molecule has 10 heteroatoms. The maximum absolute atomic E-state index is 13.1. The number of pyridine rings is 1. The molecular formula is C25H26F3N5O2. The first kappa shape index (κ1) is 23.3. The van der Waals surface area contributed by atoms with Crippen molar-refractivity contribution in [1.82, 2.24) is 14.8 Å². The Bertz CT molecular complexity index is 1240. The van der Waals surface area contributed by atoms with E-state index in [1.165, 1.54) is 12.1 Å². The minimum Gasteiger partial charge on any atom is -0.370 e. The summed E-state index contributed by atoms with van der Waals surface area (Å²) in [4.78, 5) is 29.7. The van der Waals surface area contributed by atoms with E-state index in [-0.39, 0.29) is 17.7 Å². The summed E-state index contributed by atoms with van der Waals surface area (Å²) in [7, 11) is 0. The van der Waals surface area contributed by atoms with Gasteiger partial charge in [-0.25, -0.2) is 4.98 Å². The number of amides is 1. The lowest BCUT2D eigenvalue weighted by Crippen LogP contribution is -2.22. The van der Waals surface area contributed by atoms with Gasteiger partial charge in [0.1, 0.15) is 17.7 Å². The quantitative estimate of drug-likeness (QED) is 0.501. The van der Waals surface area contributed by atoms with Crippen molar-refractivity contribution in [3.8, 4) is 0 Å². The first-order valence-corrected chi connectivity index (χ1v) is 11.9. The molecule has 0 spiro atoms. The number of carbonyl (C=O) groups excluding carboxylic acids is 2. The first-order valence-electron chi connectivity index (χ1n) is 11.9. The fourth-order valence-electron chi connectivity index (χ4n) is 4.99. The molecule has 1 saturated carbocycles. The zero-order valence-corrected chi connectivity index (χ0v) is 19.1. The molecule has 1 aliphatic carbocycles.